The van der Waals surface area contributed by atoms with Crippen LogP contribution in [0.4, 0.5) is 0 Å². The molecule has 2 aromatic carbocycles. The quantitative estimate of drug-likeness (QED) is 0.474. The Bertz CT molecular complexity index is 759. The number of phenolic OH excluding ortho intramolecular Hbond substituents is 1. The number of rotatable bonds is 6. The van der Waals surface area contributed by atoms with E-state index in [0.29, 0.717) is 12.5 Å². The predicted molar refractivity (Wildman–Crippen MR) is 102 cm³/mol. The van der Waals surface area contributed by atoms with E-state index in [4.69, 9.17) is 9.47 Å². The summed E-state index contributed by atoms with van der Waals surface area (Å²) in [6, 6.07) is 13.4. The molecule has 26 heavy (non-hydrogen) atoms. The van der Waals surface area contributed by atoms with E-state index in [9.17, 15) is 5.11 Å². The molecule has 6 nitrogen and oxygen atoms in total. The second-order valence-electron chi connectivity index (χ2n) is 6.29. The van der Waals surface area contributed by atoms with Crippen molar-refractivity contribution in [2.45, 2.75) is 19.4 Å². The van der Waals surface area contributed by atoms with Crippen molar-refractivity contribution in [3.8, 4) is 17.2 Å². The number of benzene rings is 2. The van der Waals surface area contributed by atoms with Crippen LogP contribution >= 0.6 is 0 Å². The molecule has 0 fully saturated rings. The third-order valence-electron chi connectivity index (χ3n) is 4.29. The minimum atomic E-state index is 0.291. The topological polar surface area (TPSA) is 66.3 Å². The molecular formula is C20H25N3O3. The Morgan fingerprint density at radius 3 is 2.62 bits per heavy atom. The van der Waals surface area contributed by atoms with Gasteiger partial charge in [-0.2, -0.15) is 0 Å². The third kappa shape index (κ3) is 4.59. The van der Waals surface area contributed by atoms with Crippen LogP contribution in [0, 0.1) is 0 Å². The van der Waals surface area contributed by atoms with Crippen molar-refractivity contribution >= 4 is 5.96 Å². The lowest BCUT2D eigenvalue weighted by molar-refractivity contribution is 0.174. The van der Waals surface area contributed by atoms with Gasteiger partial charge in [0.1, 0.15) is 5.75 Å². The highest BCUT2D eigenvalue weighted by molar-refractivity contribution is 5.79. The largest absolute Gasteiger partial charge is 0.508 e. The van der Waals surface area contributed by atoms with E-state index in [1.54, 1.807) is 19.2 Å². The number of aliphatic imine (C=N–C) groups is 1. The molecule has 3 rings (SSSR count). The summed E-state index contributed by atoms with van der Waals surface area (Å²) in [5.74, 6) is 2.76. The van der Waals surface area contributed by atoms with E-state index in [-0.39, 0.29) is 0 Å². The Kier molecular flexibility index (Phi) is 5.84. The van der Waals surface area contributed by atoms with Gasteiger partial charge in [0, 0.05) is 27.2 Å². The number of phenols is 1. The van der Waals surface area contributed by atoms with Gasteiger partial charge in [0.2, 0.25) is 6.79 Å². The van der Waals surface area contributed by atoms with Gasteiger partial charge in [-0.3, -0.25) is 4.99 Å². The number of fused-ring (bicyclic) bond motifs is 1. The van der Waals surface area contributed by atoms with Crippen LogP contribution < -0.4 is 14.8 Å². The summed E-state index contributed by atoms with van der Waals surface area (Å²) in [7, 11) is 3.80. The van der Waals surface area contributed by atoms with Crippen LogP contribution in [-0.4, -0.2) is 43.4 Å². The van der Waals surface area contributed by atoms with Crippen LogP contribution in [-0.2, 0) is 13.0 Å². The summed E-state index contributed by atoms with van der Waals surface area (Å²) < 4.78 is 10.8. The summed E-state index contributed by atoms with van der Waals surface area (Å²) in [5, 5.41) is 12.7. The first kappa shape index (κ1) is 17.9. The lowest BCUT2D eigenvalue weighted by Gasteiger charge is -2.22. The van der Waals surface area contributed by atoms with Crippen molar-refractivity contribution in [3.05, 3.63) is 53.6 Å². The second-order valence-corrected chi connectivity index (χ2v) is 6.29. The van der Waals surface area contributed by atoms with Crippen molar-refractivity contribution in [1.82, 2.24) is 10.2 Å². The normalized spacial score (nSPS) is 12.9. The average molecular weight is 355 g/mol. The fourth-order valence-electron chi connectivity index (χ4n) is 2.93. The van der Waals surface area contributed by atoms with Crippen LogP contribution in [0.25, 0.3) is 0 Å². The molecule has 0 atom stereocenters. The van der Waals surface area contributed by atoms with Gasteiger partial charge in [0.15, 0.2) is 17.5 Å². The zero-order valence-electron chi connectivity index (χ0n) is 15.2. The highest BCUT2D eigenvalue weighted by Gasteiger charge is 2.14. The summed E-state index contributed by atoms with van der Waals surface area (Å²) in [5.41, 5.74) is 2.36. The van der Waals surface area contributed by atoms with Crippen molar-refractivity contribution < 1.29 is 14.6 Å². The van der Waals surface area contributed by atoms with Gasteiger partial charge in [-0.1, -0.05) is 18.2 Å². The SMILES string of the molecule is CN=C(NCCCc1ccc(O)cc1)N(C)Cc1ccc2c(c1)OCO2. The molecule has 138 valence electrons. The van der Waals surface area contributed by atoms with E-state index >= 15 is 0 Å². The van der Waals surface area contributed by atoms with Crippen LogP contribution in [0.5, 0.6) is 17.2 Å². The Morgan fingerprint density at radius 2 is 1.85 bits per heavy atom. The first-order chi connectivity index (χ1) is 12.7. The van der Waals surface area contributed by atoms with E-state index < -0.39 is 0 Å². The fourth-order valence-corrected chi connectivity index (χ4v) is 2.93. The lowest BCUT2D eigenvalue weighted by atomic mass is 10.1. The lowest BCUT2D eigenvalue weighted by Crippen LogP contribution is -2.39. The maximum Gasteiger partial charge on any atom is 0.231 e. The Morgan fingerprint density at radius 1 is 1.12 bits per heavy atom. The van der Waals surface area contributed by atoms with E-state index in [1.807, 2.05) is 37.4 Å². The molecule has 1 aliphatic heterocycles. The van der Waals surface area contributed by atoms with E-state index in [2.05, 4.69) is 15.2 Å². The van der Waals surface area contributed by atoms with Gasteiger partial charge in [-0.15, -0.1) is 0 Å². The molecule has 0 bridgehead atoms. The molecule has 0 unspecified atom stereocenters. The molecule has 2 aromatic rings. The minimum absolute atomic E-state index is 0.291. The number of guanidine groups is 1. The summed E-state index contributed by atoms with van der Waals surface area (Å²) in [6.07, 6.45) is 1.94. The van der Waals surface area contributed by atoms with Gasteiger partial charge in [-0.25, -0.2) is 0 Å². The highest BCUT2D eigenvalue weighted by Crippen LogP contribution is 2.32. The molecular weight excluding hydrogens is 330 g/mol. The maximum absolute atomic E-state index is 9.32. The number of nitrogens with one attached hydrogen (secondary N) is 1. The third-order valence-corrected chi connectivity index (χ3v) is 4.29. The van der Waals surface area contributed by atoms with Crippen molar-refractivity contribution in [2.24, 2.45) is 4.99 Å². The van der Waals surface area contributed by atoms with Crippen LogP contribution in [0.1, 0.15) is 17.5 Å². The van der Waals surface area contributed by atoms with Crippen molar-refractivity contribution in [2.75, 3.05) is 27.4 Å². The van der Waals surface area contributed by atoms with Gasteiger partial charge in [0.05, 0.1) is 0 Å². The Hall–Kier alpha value is -2.89. The standard InChI is InChI=1S/C20H25N3O3/c1-21-20(22-11-3-4-15-5-8-17(24)9-6-15)23(2)13-16-7-10-18-19(12-16)26-14-25-18/h5-10,12,24H,3-4,11,13-14H2,1-2H3,(H,21,22). The van der Waals surface area contributed by atoms with Gasteiger partial charge in [-0.05, 0) is 48.2 Å². The number of aryl methyl sites for hydroxylation is 1. The van der Waals surface area contributed by atoms with Crippen LogP contribution in [0.3, 0.4) is 0 Å². The smallest absolute Gasteiger partial charge is 0.231 e. The predicted octanol–water partition coefficient (Wildman–Crippen LogP) is 2.76. The molecule has 0 saturated heterocycles. The summed E-state index contributed by atoms with van der Waals surface area (Å²) >= 11 is 0. The molecule has 1 aliphatic rings. The molecule has 6 heteroatoms. The number of nitrogens with zero attached hydrogens (tertiary/aromatic N) is 2. The van der Waals surface area contributed by atoms with E-state index in [0.717, 1.165) is 49.0 Å². The maximum atomic E-state index is 9.32. The first-order valence-corrected chi connectivity index (χ1v) is 8.74. The first-order valence-electron chi connectivity index (χ1n) is 8.74. The molecule has 0 amide bonds. The molecule has 2 N–H and O–H groups in total. The molecule has 0 aliphatic carbocycles. The van der Waals surface area contributed by atoms with Crippen molar-refractivity contribution in [3.63, 3.8) is 0 Å². The molecule has 0 saturated carbocycles. The zero-order chi connectivity index (χ0) is 18.4. The average Bonchev–Trinajstić information content (AvgIpc) is 3.11. The van der Waals surface area contributed by atoms with Gasteiger partial charge in [0.25, 0.3) is 0 Å². The number of aromatic hydroxyl groups is 1. The van der Waals surface area contributed by atoms with Crippen molar-refractivity contribution in [1.29, 1.82) is 0 Å². The van der Waals surface area contributed by atoms with Gasteiger partial charge < -0.3 is 24.8 Å². The number of hydrogen-bond acceptors (Lipinski definition) is 4. The zero-order valence-corrected chi connectivity index (χ0v) is 15.2. The van der Waals surface area contributed by atoms with Crippen LogP contribution in [0.15, 0.2) is 47.5 Å². The Balaban J connectivity index is 1.46. The minimum Gasteiger partial charge on any atom is -0.508 e. The second kappa shape index (κ2) is 8.47. The molecule has 0 aromatic heterocycles. The number of ether oxygens (including phenoxy) is 2. The fraction of sp³-hybridized carbons (Fsp3) is 0.350. The summed E-state index contributed by atoms with van der Waals surface area (Å²) in [4.78, 5) is 6.44. The number of hydrogen-bond donors (Lipinski definition) is 2. The highest BCUT2D eigenvalue weighted by atomic mass is 16.7. The van der Waals surface area contributed by atoms with E-state index in [1.165, 1.54) is 5.56 Å². The molecule has 0 spiro atoms. The summed E-state index contributed by atoms with van der Waals surface area (Å²) in [6.45, 7) is 1.85. The molecule has 0 radical (unpaired) electrons. The van der Waals surface area contributed by atoms with Crippen LogP contribution in [0.2, 0.25) is 0 Å². The Labute approximate surface area is 154 Å². The van der Waals surface area contributed by atoms with Gasteiger partial charge >= 0.3 is 0 Å². The molecule has 1 heterocycles. The monoisotopic (exact) mass is 355 g/mol.